The number of hydrogen-bond acceptors (Lipinski definition) is 5. The molecule has 0 amide bonds. The van der Waals surface area contributed by atoms with E-state index in [4.69, 9.17) is 10.00 Å². The molecule has 0 aliphatic heterocycles. The summed E-state index contributed by atoms with van der Waals surface area (Å²) in [4.78, 5) is 19.1. The molecule has 6 nitrogen and oxygen atoms in total. The zero-order valence-electron chi connectivity index (χ0n) is 10.4. The van der Waals surface area contributed by atoms with Crippen molar-refractivity contribution < 1.29 is 28.4 Å². The normalized spacial score (nSPS) is 17.9. The number of carbonyl (C=O) groups is 1. The Morgan fingerprint density at radius 3 is 2.00 bits per heavy atom. The third-order valence-corrected chi connectivity index (χ3v) is 3.14. The zero-order valence-corrected chi connectivity index (χ0v) is 11.3. The molecular formula is C11H21O6P. The lowest BCUT2D eigenvalue weighted by molar-refractivity contribution is -0.130. The van der Waals surface area contributed by atoms with Gasteiger partial charge in [0.2, 0.25) is 0 Å². The van der Waals surface area contributed by atoms with Crippen molar-refractivity contribution in [1.82, 2.24) is 0 Å². The quantitative estimate of drug-likeness (QED) is 0.592. The van der Waals surface area contributed by atoms with E-state index in [1.54, 1.807) is 0 Å². The second-order valence-electron chi connectivity index (χ2n) is 3.76. The summed E-state index contributed by atoms with van der Waals surface area (Å²) in [6, 6.07) is 0. The molecule has 0 saturated heterocycles. The first-order chi connectivity index (χ1) is 8.52. The highest BCUT2D eigenvalue weighted by Gasteiger charge is 2.24. The van der Waals surface area contributed by atoms with E-state index in [1.807, 2.05) is 0 Å². The summed E-state index contributed by atoms with van der Waals surface area (Å²) in [6.07, 6.45) is 9.73. The van der Waals surface area contributed by atoms with Crippen molar-refractivity contribution >= 4 is 13.8 Å². The maximum Gasteiger partial charge on any atom is 0.529 e. The average molecular weight is 280 g/mol. The van der Waals surface area contributed by atoms with Crippen LogP contribution in [-0.4, -0.2) is 29.2 Å². The van der Waals surface area contributed by atoms with Crippen LogP contribution < -0.4 is 0 Å². The van der Waals surface area contributed by atoms with Gasteiger partial charge in [-0.05, 0) is 0 Å². The summed E-state index contributed by atoms with van der Waals surface area (Å²) in [5, 5.41) is 8.20. The zero-order chi connectivity index (χ0) is 13.9. The monoisotopic (exact) mass is 280 g/mol. The van der Waals surface area contributed by atoms with Gasteiger partial charge in [0.05, 0.1) is 13.2 Å². The molecule has 0 spiro atoms. The minimum atomic E-state index is -4.36. The number of hydrogen-bond donors (Lipinski definition) is 2. The van der Waals surface area contributed by atoms with Gasteiger partial charge in [0.15, 0.2) is 0 Å². The first-order valence-electron chi connectivity index (χ1n) is 5.96. The molecule has 1 aliphatic carbocycles. The van der Waals surface area contributed by atoms with Gasteiger partial charge < -0.3 is 9.63 Å². The molecule has 1 atom stereocenters. The molecule has 1 saturated carbocycles. The Morgan fingerprint density at radius 1 is 1.22 bits per heavy atom. The minimum absolute atomic E-state index is 0.377. The van der Waals surface area contributed by atoms with Gasteiger partial charge in [0.1, 0.15) is 0 Å². The molecule has 18 heavy (non-hydrogen) atoms. The predicted molar refractivity (Wildman–Crippen MR) is 66.9 cm³/mol. The van der Waals surface area contributed by atoms with E-state index in [-0.39, 0.29) is 6.61 Å². The molecule has 0 aromatic rings. The maximum atomic E-state index is 10.7. The molecule has 0 aromatic heterocycles. The molecule has 1 fully saturated rings. The summed E-state index contributed by atoms with van der Waals surface area (Å²) in [5.74, 6) is -1.06. The number of rotatable bonds is 5. The lowest BCUT2D eigenvalue weighted by atomic mass is 10.0. The SMILES string of the molecule is C1CCCCC1.C=CC(=O)OP(=O)(O)OCCO. The first-order valence-corrected chi connectivity index (χ1v) is 7.45. The van der Waals surface area contributed by atoms with Gasteiger partial charge in [-0.15, -0.1) is 0 Å². The van der Waals surface area contributed by atoms with Gasteiger partial charge in [-0.1, -0.05) is 45.1 Å². The van der Waals surface area contributed by atoms with Crippen LogP contribution in [0, 0.1) is 0 Å². The Bertz CT molecular complexity index is 276. The van der Waals surface area contributed by atoms with Gasteiger partial charge in [-0.3, -0.25) is 9.42 Å². The third kappa shape index (κ3) is 10.5. The fraction of sp³-hybridized carbons (Fsp3) is 0.727. The Morgan fingerprint density at radius 2 is 1.67 bits per heavy atom. The predicted octanol–water partition coefficient (Wildman–Crippen LogP) is 2.17. The van der Waals surface area contributed by atoms with Crippen molar-refractivity contribution in [2.24, 2.45) is 0 Å². The van der Waals surface area contributed by atoms with Crippen molar-refractivity contribution in [2.75, 3.05) is 13.2 Å². The highest BCUT2D eigenvalue weighted by atomic mass is 31.2. The Kier molecular flexibility index (Phi) is 9.87. The van der Waals surface area contributed by atoms with E-state index in [0.717, 1.165) is 6.08 Å². The fourth-order valence-electron chi connectivity index (χ4n) is 1.39. The number of phosphoric acid groups is 1. The van der Waals surface area contributed by atoms with Gasteiger partial charge in [0, 0.05) is 6.08 Å². The van der Waals surface area contributed by atoms with Crippen LogP contribution >= 0.6 is 7.82 Å². The van der Waals surface area contributed by atoms with Crippen molar-refractivity contribution in [3.63, 3.8) is 0 Å². The molecule has 0 bridgehead atoms. The second-order valence-corrected chi connectivity index (χ2v) is 5.14. The van der Waals surface area contributed by atoms with E-state index >= 15 is 0 Å². The molecule has 106 valence electrons. The van der Waals surface area contributed by atoms with Crippen molar-refractivity contribution in [3.05, 3.63) is 12.7 Å². The van der Waals surface area contributed by atoms with Crippen molar-refractivity contribution in [2.45, 2.75) is 38.5 Å². The Hall–Kier alpha value is -0.680. The smallest absolute Gasteiger partial charge is 0.394 e. The minimum Gasteiger partial charge on any atom is -0.394 e. The van der Waals surface area contributed by atoms with E-state index in [2.05, 4.69) is 15.6 Å². The summed E-state index contributed by atoms with van der Waals surface area (Å²) in [6.45, 7) is 2.20. The van der Waals surface area contributed by atoms with Gasteiger partial charge in [-0.25, -0.2) is 9.36 Å². The lowest BCUT2D eigenvalue weighted by Crippen LogP contribution is -2.03. The number of carbonyl (C=O) groups excluding carboxylic acids is 1. The van der Waals surface area contributed by atoms with E-state index < -0.39 is 20.4 Å². The average Bonchev–Trinajstić information content (AvgIpc) is 2.38. The summed E-state index contributed by atoms with van der Waals surface area (Å²) in [5.41, 5.74) is 0. The molecule has 0 radical (unpaired) electrons. The molecule has 1 aliphatic rings. The van der Waals surface area contributed by atoms with Crippen LogP contribution in [0.5, 0.6) is 0 Å². The molecular weight excluding hydrogens is 259 g/mol. The molecule has 1 unspecified atom stereocenters. The van der Waals surface area contributed by atoms with Crippen LogP contribution in [0.25, 0.3) is 0 Å². The molecule has 0 heterocycles. The van der Waals surface area contributed by atoms with Crippen LogP contribution in [0.4, 0.5) is 0 Å². The van der Waals surface area contributed by atoms with E-state index in [0.29, 0.717) is 0 Å². The topological polar surface area (TPSA) is 93.1 Å². The van der Waals surface area contributed by atoms with Crippen molar-refractivity contribution in [1.29, 1.82) is 0 Å². The molecule has 0 aromatic carbocycles. The molecule has 1 rings (SSSR count). The molecule has 2 N–H and O–H groups in total. The Labute approximate surface area is 107 Å². The van der Waals surface area contributed by atoms with Gasteiger partial charge in [0.25, 0.3) is 0 Å². The summed E-state index contributed by atoms with van der Waals surface area (Å²) >= 11 is 0. The van der Waals surface area contributed by atoms with Crippen LogP contribution in [0.1, 0.15) is 38.5 Å². The van der Waals surface area contributed by atoms with Crippen LogP contribution in [0.3, 0.4) is 0 Å². The van der Waals surface area contributed by atoms with E-state index in [9.17, 15) is 9.36 Å². The lowest BCUT2D eigenvalue weighted by Gasteiger charge is -2.08. The first kappa shape index (κ1) is 17.3. The second kappa shape index (κ2) is 10.3. The van der Waals surface area contributed by atoms with Gasteiger partial charge >= 0.3 is 13.8 Å². The largest absolute Gasteiger partial charge is 0.529 e. The van der Waals surface area contributed by atoms with Crippen LogP contribution in [0.2, 0.25) is 0 Å². The summed E-state index contributed by atoms with van der Waals surface area (Å²) < 4.78 is 18.7. The molecule has 7 heteroatoms. The maximum absolute atomic E-state index is 10.7. The fourth-order valence-corrected chi connectivity index (χ4v) is 2.06. The number of aliphatic hydroxyl groups excluding tert-OH is 1. The van der Waals surface area contributed by atoms with Crippen LogP contribution in [0.15, 0.2) is 12.7 Å². The summed E-state index contributed by atoms with van der Waals surface area (Å²) in [7, 11) is -4.36. The standard InChI is InChI=1S/C6H12.C5H9O6P/c1-2-4-6-5-3-1;1-2-5(7)11-12(8,9)10-4-3-6/h1-6H2;2,6H,1,3-4H2,(H,8,9). The Balaban J connectivity index is 0.000000397. The van der Waals surface area contributed by atoms with E-state index in [1.165, 1.54) is 38.5 Å². The third-order valence-electron chi connectivity index (χ3n) is 2.22. The van der Waals surface area contributed by atoms with Crippen molar-refractivity contribution in [3.8, 4) is 0 Å². The number of aliphatic hydroxyl groups is 1. The highest BCUT2D eigenvalue weighted by Crippen LogP contribution is 2.42. The number of phosphoric ester groups is 1. The highest BCUT2D eigenvalue weighted by molar-refractivity contribution is 7.48. The van der Waals surface area contributed by atoms with Gasteiger partial charge in [-0.2, -0.15) is 0 Å². The van der Waals surface area contributed by atoms with Crippen LogP contribution in [-0.2, 0) is 18.4 Å².